The Labute approximate surface area is 121 Å². The van der Waals surface area contributed by atoms with E-state index in [1.165, 1.54) is 12.8 Å². The van der Waals surface area contributed by atoms with E-state index in [4.69, 9.17) is 4.74 Å². The van der Waals surface area contributed by atoms with Gasteiger partial charge in [-0.3, -0.25) is 4.79 Å². The van der Waals surface area contributed by atoms with E-state index < -0.39 is 0 Å². The lowest BCUT2D eigenvalue weighted by molar-refractivity contribution is -0.121. The molecule has 110 valence electrons. The maximum Gasteiger partial charge on any atom is 0.224 e. The lowest BCUT2D eigenvalue weighted by Crippen LogP contribution is -2.44. The van der Waals surface area contributed by atoms with Crippen molar-refractivity contribution in [1.29, 1.82) is 0 Å². The molecular weight excluding hydrogens is 250 g/mol. The van der Waals surface area contributed by atoms with Gasteiger partial charge < -0.3 is 10.1 Å². The van der Waals surface area contributed by atoms with Crippen LogP contribution in [0.1, 0.15) is 38.7 Å². The summed E-state index contributed by atoms with van der Waals surface area (Å²) in [6.07, 6.45) is 4.06. The number of carbonyl (C=O) groups is 1. The second kappa shape index (κ2) is 6.78. The average Bonchev–Trinajstić information content (AvgIpc) is 2.45. The van der Waals surface area contributed by atoms with Crippen molar-refractivity contribution in [2.75, 3.05) is 7.11 Å². The number of ether oxygens (including phenoxy) is 1. The van der Waals surface area contributed by atoms with Crippen LogP contribution >= 0.6 is 0 Å². The quantitative estimate of drug-likeness (QED) is 0.916. The number of amides is 1. The van der Waals surface area contributed by atoms with Crippen LogP contribution in [0.15, 0.2) is 24.3 Å². The van der Waals surface area contributed by atoms with Gasteiger partial charge in [0.2, 0.25) is 5.91 Å². The first-order chi connectivity index (χ1) is 9.60. The number of carbonyl (C=O) groups excluding carboxylic acids is 1. The van der Waals surface area contributed by atoms with Crippen LogP contribution in [-0.2, 0) is 11.2 Å². The van der Waals surface area contributed by atoms with Gasteiger partial charge in [-0.25, -0.2) is 0 Å². The number of methoxy groups -OCH3 is 1. The van der Waals surface area contributed by atoms with Crippen molar-refractivity contribution in [3.63, 3.8) is 0 Å². The number of rotatable bonds is 4. The van der Waals surface area contributed by atoms with Gasteiger partial charge in [-0.05, 0) is 36.0 Å². The van der Waals surface area contributed by atoms with Crippen molar-refractivity contribution in [2.24, 2.45) is 11.8 Å². The van der Waals surface area contributed by atoms with Gasteiger partial charge in [0, 0.05) is 6.04 Å². The van der Waals surface area contributed by atoms with Crippen LogP contribution in [0.5, 0.6) is 5.75 Å². The Morgan fingerprint density at radius 3 is 2.60 bits per heavy atom. The summed E-state index contributed by atoms with van der Waals surface area (Å²) in [6.45, 7) is 4.54. The molecule has 3 atom stereocenters. The topological polar surface area (TPSA) is 38.3 Å². The number of benzene rings is 1. The molecule has 1 aliphatic rings. The Balaban J connectivity index is 1.88. The van der Waals surface area contributed by atoms with Gasteiger partial charge in [-0.15, -0.1) is 0 Å². The van der Waals surface area contributed by atoms with E-state index in [0.717, 1.165) is 17.7 Å². The van der Waals surface area contributed by atoms with Gasteiger partial charge in [-0.1, -0.05) is 38.8 Å². The molecule has 3 nitrogen and oxygen atoms in total. The molecular formula is C17H25NO2. The van der Waals surface area contributed by atoms with Crippen LogP contribution in [0.2, 0.25) is 0 Å². The van der Waals surface area contributed by atoms with Crippen molar-refractivity contribution >= 4 is 5.91 Å². The molecule has 0 aromatic heterocycles. The molecule has 0 aliphatic heterocycles. The molecule has 1 N–H and O–H groups in total. The van der Waals surface area contributed by atoms with Gasteiger partial charge in [0.1, 0.15) is 5.75 Å². The summed E-state index contributed by atoms with van der Waals surface area (Å²) in [5, 5.41) is 3.21. The molecule has 1 saturated carbocycles. The van der Waals surface area contributed by atoms with Crippen LogP contribution in [0.4, 0.5) is 0 Å². The monoisotopic (exact) mass is 275 g/mol. The minimum atomic E-state index is 0.126. The highest BCUT2D eigenvalue weighted by molar-refractivity contribution is 5.78. The van der Waals surface area contributed by atoms with Crippen molar-refractivity contribution < 1.29 is 9.53 Å². The summed E-state index contributed by atoms with van der Waals surface area (Å²) < 4.78 is 5.12. The lowest BCUT2D eigenvalue weighted by atomic mass is 9.78. The lowest BCUT2D eigenvalue weighted by Gasteiger charge is -2.34. The maximum atomic E-state index is 12.1. The Bertz CT molecular complexity index is 441. The molecule has 1 aromatic rings. The van der Waals surface area contributed by atoms with Gasteiger partial charge in [0.05, 0.1) is 13.5 Å². The number of nitrogens with one attached hydrogen (secondary N) is 1. The Morgan fingerprint density at radius 1 is 1.25 bits per heavy atom. The number of hydrogen-bond donors (Lipinski definition) is 1. The predicted octanol–water partition coefficient (Wildman–Crippen LogP) is 3.18. The van der Waals surface area contributed by atoms with Crippen LogP contribution < -0.4 is 10.1 Å². The first-order valence-corrected chi connectivity index (χ1v) is 7.52. The minimum absolute atomic E-state index is 0.126. The summed E-state index contributed by atoms with van der Waals surface area (Å²) >= 11 is 0. The molecule has 1 fully saturated rings. The fourth-order valence-electron chi connectivity index (χ4n) is 2.97. The van der Waals surface area contributed by atoms with E-state index in [1.807, 2.05) is 24.3 Å². The zero-order chi connectivity index (χ0) is 14.5. The van der Waals surface area contributed by atoms with E-state index >= 15 is 0 Å². The van der Waals surface area contributed by atoms with Crippen molar-refractivity contribution in [1.82, 2.24) is 5.32 Å². The third kappa shape index (κ3) is 3.75. The molecule has 0 heterocycles. The maximum absolute atomic E-state index is 12.1. The molecule has 1 aromatic carbocycles. The minimum Gasteiger partial charge on any atom is -0.497 e. The van der Waals surface area contributed by atoms with E-state index in [1.54, 1.807) is 7.11 Å². The highest BCUT2D eigenvalue weighted by Crippen LogP contribution is 2.29. The third-order valence-corrected chi connectivity index (χ3v) is 4.58. The molecule has 2 rings (SSSR count). The molecule has 0 unspecified atom stereocenters. The summed E-state index contributed by atoms with van der Waals surface area (Å²) in [6, 6.07) is 8.03. The second-order valence-electron chi connectivity index (χ2n) is 5.97. The molecule has 0 radical (unpaired) electrons. The van der Waals surface area contributed by atoms with Gasteiger partial charge in [0.25, 0.3) is 0 Å². The first kappa shape index (κ1) is 14.9. The van der Waals surface area contributed by atoms with Crippen LogP contribution in [0.25, 0.3) is 0 Å². The highest BCUT2D eigenvalue weighted by atomic mass is 16.5. The van der Waals surface area contributed by atoms with Crippen LogP contribution in [0.3, 0.4) is 0 Å². The molecule has 0 spiro atoms. The molecule has 3 heteroatoms. The molecule has 0 bridgehead atoms. The van der Waals surface area contributed by atoms with Crippen LogP contribution in [-0.4, -0.2) is 19.1 Å². The summed E-state index contributed by atoms with van der Waals surface area (Å²) in [5.74, 6) is 2.23. The van der Waals surface area contributed by atoms with E-state index in [9.17, 15) is 4.79 Å². The van der Waals surface area contributed by atoms with Gasteiger partial charge in [0.15, 0.2) is 0 Å². The van der Waals surface area contributed by atoms with Gasteiger partial charge >= 0.3 is 0 Å². The third-order valence-electron chi connectivity index (χ3n) is 4.58. The summed E-state index contributed by atoms with van der Waals surface area (Å²) in [5.41, 5.74) is 1.03. The first-order valence-electron chi connectivity index (χ1n) is 7.52. The van der Waals surface area contributed by atoms with Crippen molar-refractivity contribution in [2.45, 2.75) is 45.6 Å². The number of hydrogen-bond acceptors (Lipinski definition) is 2. The molecule has 1 aliphatic carbocycles. The van der Waals surface area contributed by atoms with Crippen molar-refractivity contribution in [3.05, 3.63) is 29.8 Å². The Kier molecular flexibility index (Phi) is 5.05. The zero-order valence-electron chi connectivity index (χ0n) is 12.7. The van der Waals surface area contributed by atoms with E-state index in [0.29, 0.717) is 24.3 Å². The normalized spacial score (nSPS) is 26.1. The fourth-order valence-corrected chi connectivity index (χ4v) is 2.97. The Morgan fingerprint density at radius 2 is 1.95 bits per heavy atom. The SMILES string of the molecule is COc1ccc(CC(=O)N[C@@H]2CCC[C@@H](C)[C@H]2C)cc1. The smallest absolute Gasteiger partial charge is 0.224 e. The second-order valence-corrected chi connectivity index (χ2v) is 5.97. The fraction of sp³-hybridized carbons (Fsp3) is 0.588. The van der Waals surface area contributed by atoms with E-state index in [2.05, 4.69) is 19.2 Å². The molecule has 20 heavy (non-hydrogen) atoms. The Hall–Kier alpha value is -1.51. The standard InChI is InChI=1S/C17H25NO2/c1-12-5-4-6-16(13(12)2)18-17(19)11-14-7-9-15(20-3)10-8-14/h7-10,12-13,16H,4-6,11H2,1-3H3,(H,18,19)/t12-,13-,16-/m1/s1. The summed E-state index contributed by atoms with van der Waals surface area (Å²) in [4.78, 5) is 12.1. The van der Waals surface area contributed by atoms with E-state index in [-0.39, 0.29) is 5.91 Å². The molecule has 0 saturated heterocycles. The highest BCUT2D eigenvalue weighted by Gasteiger charge is 2.27. The van der Waals surface area contributed by atoms with Crippen molar-refractivity contribution in [3.8, 4) is 5.75 Å². The predicted molar refractivity (Wildman–Crippen MR) is 80.8 cm³/mol. The summed E-state index contributed by atoms with van der Waals surface area (Å²) in [7, 11) is 1.65. The largest absolute Gasteiger partial charge is 0.497 e. The molecule has 1 amide bonds. The van der Waals surface area contributed by atoms with Crippen LogP contribution in [0, 0.1) is 11.8 Å². The zero-order valence-corrected chi connectivity index (χ0v) is 12.7. The van der Waals surface area contributed by atoms with Gasteiger partial charge in [-0.2, -0.15) is 0 Å². The average molecular weight is 275 g/mol.